The van der Waals surface area contributed by atoms with Crippen molar-refractivity contribution >= 4 is 0 Å². The minimum atomic E-state index is -0.172. The highest BCUT2D eigenvalue weighted by Gasteiger charge is 2.21. The van der Waals surface area contributed by atoms with E-state index in [0.717, 1.165) is 42.2 Å². The summed E-state index contributed by atoms with van der Waals surface area (Å²) in [6.45, 7) is 2.51. The maximum Gasteiger partial charge on any atom is 0.168 e. The molecule has 1 nitrogen and oxygen atoms in total. The molecule has 0 heterocycles. The molecule has 1 aromatic rings. The van der Waals surface area contributed by atoms with Gasteiger partial charge in [-0.1, -0.05) is 31.1 Å². The summed E-state index contributed by atoms with van der Waals surface area (Å²) in [5.74, 6) is 1.90. The van der Waals surface area contributed by atoms with Crippen molar-refractivity contribution in [2.75, 3.05) is 6.61 Å². The standard InChI is InChI=1S/C19H25FO/c1-14-17(5-3-2-4-15-6-7-15)10-11-18(19(14)20)21-13-12-16-8-9-16/h2,4,10-11,15-16H,3,5-9,12-13H2,1H3/b4-2+. The lowest BCUT2D eigenvalue weighted by Gasteiger charge is -2.11. The third kappa shape index (κ3) is 4.33. The van der Waals surface area contributed by atoms with Crippen molar-refractivity contribution < 1.29 is 9.13 Å². The molecule has 2 fully saturated rings. The predicted octanol–water partition coefficient (Wildman–Crippen LogP) is 5.21. The number of ether oxygens (including phenoxy) is 1. The number of allylic oxidation sites excluding steroid dienone is 2. The Bertz CT molecular complexity index is 513. The van der Waals surface area contributed by atoms with Crippen molar-refractivity contribution in [3.63, 3.8) is 0 Å². The molecule has 0 unspecified atom stereocenters. The van der Waals surface area contributed by atoms with Gasteiger partial charge in [0, 0.05) is 0 Å². The molecule has 0 atom stereocenters. The van der Waals surface area contributed by atoms with E-state index in [-0.39, 0.29) is 5.82 Å². The van der Waals surface area contributed by atoms with Gasteiger partial charge in [-0.05, 0) is 68.1 Å². The van der Waals surface area contributed by atoms with Crippen LogP contribution in [0.2, 0.25) is 0 Å². The average Bonchev–Trinajstić information content (AvgIpc) is 3.35. The highest BCUT2D eigenvalue weighted by atomic mass is 19.1. The van der Waals surface area contributed by atoms with Crippen LogP contribution in [0.5, 0.6) is 5.75 Å². The van der Waals surface area contributed by atoms with Gasteiger partial charge in [-0.15, -0.1) is 0 Å². The Balaban J connectivity index is 1.52. The van der Waals surface area contributed by atoms with Crippen molar-refractivity contribution in [1.82, 2.24) is 0 Å². The second-order valence-electron chi connectivity index (χ2n) is 6.55. The first-order valence-corrected chi connectivity index (χ1v) is 8.31. The molecule has 0 N–H and O–H groups in total. The van der Waals surface area contributed by atoms with Gasteiger partial charge in [-0.25, -0.2) is 4.39 Å². The Morgan fingerprint density at radius 3 is 2.76 bits per heavy atom. The summed E-state index contributed by atoms with van der Waals surface area (Å²) in [5.41, 5.74) is 1.85. The summed E-state index contributed by atoms with van der Waals surface area (Å²) in [6.07, 6.45) is 12.8. The lowest BCUT2D eigenvalue weighted by Crippen LogP contribution is -2.02. The van der Waals surface area contributed by atoms with Crippen LogP contribution in [0.3, 0.4) is 0 Å². The van der Waals surface area contributed by atoms with E-state index in [0.29, 0.717) is 12.4 Å². The molecule has 0 spiro atoms. The van der Waals surface area contributed by atoms with E-state index in [1.807, 2.05) is 13.0 Å². The summed E-state index contributed by atoms with van der Waals surface area (Å²) in [6, 6.07) is 3.82. The van der Waals surface area contributed by atoms with Crippen molar-refractivity contribution in [2.45, 2.75) is 51.9 Å². The van der Waals surface area contributed by atoms with E-state index in [4.69, 9.17) is 4.74 Å². The topological polar surface area (TPSA) is 9.23 Å². The van der Waals surface area contributed by atoms with E-state index < -0.39 is 0 Å². The molecule has 0 radical (unpaired) electrons. The van der Waals surface area contributed by atoms with Crippen molar-refractivity contribution in [3.05, 3.63) is 41.2 Å². The molecule has 0 aromatic heterocycles. The SMILES string of the molecule is Cc1c(CC/C=C/C2CC2)ccc(OCCC2CC2)c1F. The van der Waals surface area contributed by atoms with Crippen LogP contribution in [-0.4, -0.2) is 6.61 Å². The van der Waals surface area contributed by atoms with Gasteiger partial charge in [-0.3, -0.25) is 0 Å². The first kappa shape index (κ1) is 14.6. The first-order valence-electron chi connectivity index (χ1n) is 8.31. The molecule has 2 saturated carbocycles. The lowest BCUT2D eigenvalue weighted by atomic mass is 10.0. The van der Waals surface area contributed by atoms with E-state index in [1.54, 1.807) is 6.07 Å². The van der Waals surface area contributed by atoms with Gasteiger partial charge in [-0.2, -0.15) is 0 Å². The van der Waals surface area contributed by atoms with Gasteiger partial charge in [0.2, 0.25) is 0 Å². The first-order chi connectivity index (χ1) is 10.2. The molecule has 1 aromatic carbocycles. The molecular formula is C19H25FO. The summed E-state index contributed by atoms with van der Waals surface area (Å²) in [5, 5.41) is 0. The zero-order valence-electron chi connectivity index (χ0n) is 12.9. The molecule has 0 aliphatic heterocycles. The second-order valence-corrected chi connectivity index (χ2v) is 6.55. The van der Waals surface area contributed by atoms with Gasteiger partial charge < -0.3 is 4.74 Å². The van der Waals surface area contributed by atoms with Gasteiger partial charge in [0.1, 0.15) is 0 Å². The van der Waals surface area contributed by atoms with Crippen molar-refractivity contribution in [3.8, 4) is 5.75 Å². The fraction of sp³-hybridized carbons (Fsp3) is 0.579. The highest BCUT2D eigenvalue weighted by molar-refractivity contribution is 5.37. The molecule has 0 amide bonds. The molecule has 3 rings (SSSR count). The maximum absolute atomic E-state index is 14.3. The number of benzene rings is 1. The zero-order chi connectivity index (χ0) is 14.7. The summed E-state index contributed by atoms with van der Waals surface area (Å²) in [4.78, 5) is 0. The normalized spacial score (nSPS) is 18.4. The molecule has 2 heteroatoms. The Morgan fingerprint density at radius 2 is 2.05 bits per heavy atom. The van der Waals surface area contributed by atoms with Gasteiger partial charge in [0.05, 0.1) is 6.61 Å². The average molecular weight is 288 g/mol. The largest absolute Gasteiger partial charge is 0.490 e. The zero-order valence-corrected chi connectivity index (χ0v) is 12.9. The van der Waals surface area contributed by atoms with Crippen LogP contribution in [-0.2, 0) is 6.42 Å². The Hall–Kier alpha value is -1.31. The summed E-state index contributed by atoms with van der Waals surface area (Å²) >= 11 is 0. The number of halogens is 1. The highest BCUT2D eigenvalue weighted by Crippen LogP contribution is 2.33. The smallest absolute Gasteiger partial charge is 0.168 e. The summed E-state index contributed by atoms with van der Waals surface area (Å²) < 4.78 is 19.9. The van der Waals surface area contributed by atoms with E-state index in [1.165, 1.54) is 25.7 Å². The van der Waals surface area contributed by atoms with Crippen molar-refractivity contribution in [1.29, 1.82) is 0 Å². The predicted molar refractivity (Wildman–Crippen MR) is 84.2 cm³/mol. The number of hydrogen-bond acceptors (Lipinski definition) is 1. The van der Waals surface area contributed by atoms with Crippen LogP contribution in [0.25, 0.3) is 0 Å². The fourth-order valence-electron chi connectivity index (χ4n) is 2.64. The molecule has 21 heavy (non-hydrogen) atoms. The Morgan fingerprint density at radius 1 is 1.24 bits per heavy atom. The van der Waals surface area contributed by atoms with Crippen LogP contribution in [0, 0.1) is 24.6 Å². The number of hydrogen-bond donors (Lipinski definition) is 0. The van der Waals surface area contributed by atoms with Crippen LogP contribution in [0.15, 0.2) is 24.3 Å². The minimum absolute atomic E-state index is 0.172. The quantitative estimate of drug-likeness (QED) is 0.596. The fourth-order valence-corrected chi connectivity index (χ4v) is 2.64. The molecule has 2 aliphatic rings. The van der Waals surface area contributed by atoms with Gasteiger partial charge >= 0.3 is 0 Å². The van der Waals surface area contributed by atoms with Crippen LogP contribution in [0.4, 0.5) is 4.39 Å². The second kappa shape index (κ2) is 6.64. The third-order valence-electron chi connectivity index (χ3n) is 4.55. The summed E-state index contributed by atoms with van der Waals surface area (Å²) in [7, 11) is 0. The molecule has 0 bridgehead atoms. The van der Waals surface area contributed by atoms with Crippen molar-refractivity contribution in [2.24, 2.45) is 11.8 Å². The minimum Gasteiger partial charge on any atom is -0.490 e. The molecular weight excluding hydrogens is 263 g/mol. The number of aryl methyl sites for hydroxylation is 1. The number of rotatable bonds is 8. The molecule has 114 valence electrons. The molecule has 0 saturated heterocycles. The maximum atomic E-state index is 14.3. The van der Waals surface area contributed by atoms with Crippen LogP contribution >= 0.6 is 0 Å². The third-order valence-corrected chi connectivity index (χ3v) is 4.55. The Kier molecular flexibility index (Phi) is 4.62. The lowest BCUT2D eigenvalue weighted by molar-refractivity contribution is 0.287. The van der Waals surface area contributed by atoms with E-state index in [9.17, 15) is 4.39 Å². The van der Waals surface area contributed by atoms with Gasteiger partial charge in [0.15, 0.2) is 11.6 Å². The monoisotopic (exact) mass is 288 g/mol. The van der Waals surface area contributed by atoms with E-state index >= 15 is 0 Å². The van der Waals surface area contributed by atoms with Gasteiger partial charge in [0.25, 0.3) is 0 Å². The van der Waals surface area contributed by atoms with Crippen LogP contribution in [0.1, 0.15) is 49.7 Å². The molecule has 2 aliphatic carbocycles. The van der Waals surface area contributed by atoms with Crippen LogP contribution < -0.4 is 4.74 Å². The van der Waals surface area contributed by atoms with E-state index in [2.05, 4.69) is 12.2 Å². The Labute approximate surface area is 127 Å².